The molecular formula is C18H22N4O2. The SMILES string of the molecule is CCN(C(=O)NC)c1ccc2c(c1)[C@@H]1[C@H](CO2)[C@@]1(C)c1cnc[nH]1. The lowest BCUT2D eigenvalue weighted by molar-refractivity contribution is 0.248. The molecular weight excluding hydrogens is 304 g/mol. The van der Waals surface area contributed by atoms with Gasteiger partial charge in [-0.1, -0.05) is 6.92 Å². The number of hydrogen-bond acceptors (Lipinski definition) is 3. The van der Waals surface area contributed by atoms with Gasteiger partial charge in [-0.2, -0.15) is 0 Å². The fraction of sp³-hybridized carbons (Fsp3) is 0.444. The topological polar surface area (TPSA) is 70.2 Å². The molecule has 4 rings (SSSR count). The van der Waals surface area contributed by atoms with Crippen LogP contribution in [0.4, 0.5) is 10.5 Å². The van der Waals surface area contributed by atoms with E-state index in [9.17, 15) is 4.79 Å². The smallest absolute Gasteiger partial charge is 0.321 e. The predicted molar refractivity (Wildman–Crippen MR) is 91.6 cm³/mol. The number of urea groups is 1. The molecule has 0 saturated heterocycles. The van der Waals surface area contributed by atoms with Gasteiger partial charge in [-0.3, -0.25) is 4.90 Å². The number of fused-ring (bicyclic) bond motifs is 3. The van der Waals surface area contributed by atoms with Crippen LogP contribution in [0.5, 0.6) is 5.75 Å². The van der Waals surface area contributed by atoms with Gasteiger partial charge >= 0.3 is 6.03 Å². The number of H-pyrrole nitrogens is 1. The molecule has 6 heteroatoms. The number of carbonyl (C=O) groups excluding carboxylic acids is 1. The van der Waals surface area contributed by atoms with E-state index >= 15 is 0 Å². The number of nitrogens with one attached hydrogen (secondary N) is 2. The van der Waals surface area contributed by atoms with Crippen molar-refractivity contribution in [3.8, 4) is 5.75 Å². The van der Waals surface area contributed by atoms with E-state index in [0.717, 1.165) is 23.7 Å². The molecule has 3 atom stereocenters. The van der Waals surface area contributed by atoms with Gasteiger partial charge < -0.3 is 15.0 Å². The number of amides is 2. The Hall–Kier alpha value is -2.50. The zero-order valence-corrected chi connectivity index (χ0v) is 14.2. The standard InChI is InChI=1S/C18H22N4O2/c1-4-22(17(23)19-3)11-5-6-14-12(7-11)16-13(9-24-14)18(16,2)15-8-20-10-21-15/h5-8,10,13,16H,4,9H2,1-3H3,(H,19,23)(H,20,21)/t13-,16+,18-/m0/s1. The van der Waals surface area contributed by atoms with Crippen LogP contribution in [0, 0.1) is 5.92 Å². The maximum atomic E-state index is 12.1. The molecule has 2 amide bonds. The Morgan fingerprint density at radius 1 is 1.54 bits per heavy atom. The third-order valence-electron chi connectivity index (χ3n) is 5.62. The Kier molecular flexibility index (Phi) is 3.30. The molecule has 0 radical (unpaired) electrons. The minimum Gasteiger partial charge on any atom is -0.493 e. The van der Waals surface area contributed by atoms with E-state index in [2.05, 4.69) is 28.3 Å². The number of rotatable bonds is 3. The van der Waals surface area contributed by atoms with Crippen molar-refractivity contribution >= 4 is 11.7 Å². The van der Waals surface area contributed by atoms with Crippen molar-refractivity contribution in [3.05, 3.63) is 42.0 Å². The monoisotopic (exact) mass is 326 g/mol. The summed E-state index contributed by atoms with van der Waals surface area (Å²) in [6, 6.07) is 5.94. The van der Waals surface area contributed by atoms with Crippen LogP contribution in [0.2, 0.25) is 0 Å². The first kappa shape index (κ1) is 15.1. The van der Waals surface area contributed by atoms with Crippen LogP contribution in [-0.2, 0) is 5.41 Å². The molecule has 1 aromatic heterocycles. The first-order valence-electron chi connectivity index (χ1n) is 8.36. The van der Waals surface area contributed by atoms with Gasteiger partial charge in [0.1, 0.15) is 5.75 Å². The number of aromatic nitrogens is 2. The van der Waals surface area contributed by atoms with Crippen molar-refractivity contribution in [3.63, 3.8) is 0 Å². The van der Waals surface area contributed by atoms with Crippen LogP contribution in [0.25, 0.3) is 0 Å². The van der Waals surface area contributed by atoms with Crippen LogP contribution >= 0.6 is 0 Å². The average Bonchev–Trinajstić information content (AvgIpc) is 2.99. The lowest BCUT2D eigenvalue weighted by atomic mass is 9.97. The summed E-state index contributed by atoms with van der Waals surface area (Å²) in [6.45, 7) is 5.57. The third-order valence-corrected chi connectivity index (χ3v) is 5.62. The van der Waals surface area contributed by atoms with Gasteiger partial charge in [0.15, 0.2) is 0 Å². The number of carbonyl (C=O) groups is 1. The van der Waals surface area contributed by atoms with Crippen LogP contribution in [0.1, 0.15) is 31.0 Å². The van der Waals surface area contributed by atoms with E-state index in [1.54, 1.807) is 18.3 Å². The van der Waals surface area contributed by atoms with Gasteiger partial charge in [0.05, 0.1) is 12.9 Å². The lowest BCUT2D eigenvalue weighted by Crippen LogP contribution is -2.38. The highest BCUT2D eigenvalue weighted by atomic mass is 16.5. The number of imidazole rings is 1. The molecule has 1 aliphatic heterocycles. The molecule has 1 aromatic carbocycles. The van der Waals surface area contributed by atoms with E-state index in [1.807, 2.05) is 25.3 Å². The molecule has 2 aromatic rings. The number of anilines is 1. The van der Waals surface area contributed by atoms with Crippen molar-refractivity contribution in [1.82, 2.24) is 15.3 Å². The molecule has 0 unspecified atom stereocenters. The Balaban J connectivity index is 1.72. The Morgan fingerprint density at radius 3 is 3.04 bits per heavy atom. The van der Waals surface area contributed by atoms with Crippen molar-refractivity contribution in [2.45, 2.75) is 25.2 Å². The molecule has 2 heterocycles. The van der Waals surface area contributed by atoms with Gasteiger partial charge in [-0.15, -0.1) is 0 Å². The molecule has 0 spiro atoms. The maximum absolute atomic E-state index is 12.1. The number of ether oxygens (including phenoxy) is 1. The van der Waals surface area contributed by atoms with E-state index in [-0.39, 0.29) is 11.4 Å². The van der Waals surface area contributed by atoms with E-state index in [1.165, 1.54) is 5.56 Å². The van der Waals surface area contributed by atoms with E-state index < -0.39 is 0 Å². The van der Waals surface area contributed by atoms with Gasteiger partial charge in [0.25, 0.3) is 0 Å². The van der Waals surface area contributed by atoms with Crippen molar-refractivity contribution in [1.29, 1.82) is 0 Å². The molecule has 1 fully saturated rings. The second-order valence-electron chi connectivity index (χ2n) is 6.66. The summed E-state index contributed by atoms with van der Waals surface area (Å²) >= 11 is 0. The normalized spacial score (nSPS) is 26.8. The molecule has 1 saturated carbocycles. The van der Waals surface area contributed by atoms with Gasteiger partial charge in [-0.05, 0) is 25.1 Å². The highest BCUT2D eigenvalue weighted by Crippen LogP contribution is 2.68. The summed E-state index contributed by atoms with van der Waals surface area (Å²) in [5, 5.41) is 2.70. The lowest BCUT2D eigenvalue weighted by Gasteiger charge is -2.23. The number of nitrogens with zero attached hydrogens (tertiary/aromatic N) is 2. The molecule has 24 heavy (non-hydrogen) atoms. The fourth-order valence-corrected chi connectivity index (χ4v) is 4.16. The van der Waals surface area contributed by atoms with Crippen molar-refractivity contribution < 1.29 is 9.53 Å². The average molecular weight is 326 g/mol. The van der Waals surface area contributed by atoms with Crippen LogP contribution in [0.3, 0.4) is 0 Å². The summed E-state index contributed by atoms with van der Waals surface area (Å²) in [6.07, 6.45) is 3.64. The van der Waals surface area contributed by atoms with Gasteiger partial charge in [0.2, 0.25) is 0 Å². The minimum absolute atomic E-state index is 0.0183. The largest absolute Gasteiger partial charge is 0.493 e. The predicted octanol–water partition coefficient (Wildman–Crippen LogP) is 2.64. The van der Waals surface area contributed by atoms with Crippen LogP contribution < -0.4 is 15.0 Å². The zero-order valence-electron chi connectivity index (χ0n) is 14.2. The van der Waals surface area contributed by atoms with E-state index in [4.69, 9.17) is 4.74 Å². The minimum atomic E-state index is -0.0992. The molecule has 0 bridgehead atoms. The Labute approximate surface area is 141 Å². The quantitative estimate of drug-likeness (QED) is 0.911. The highest BCUT2D eigenvalue weighted by Gasteiger charge is 2.66. The summed E-state index contributed by atoms with van der Waals surface area (Å²) < 4.78 is 5.97. The second-order valence-corrected chi connectivity index (χ2v) is 6.66. The molecule has 6 nitrogen and oxygen atoms in total. The fourth-order valence-electron chi connectivity index (χ4n) is 4.16. The molecule has 126 valence electrons. The van der Waals surface area contributed by atoms with E-state index in [0.29, 0.717) is 18.4 Å². The van der Waals surface area contributed by atoms with Crippen molar-refractivity contribution in [2.24, 2.45) is 5.92 Å². The Bertz CT molecular complexity index is 773. The van der Waals surface area contributed by atoms with Crippen LogP contribution in [-0.4, -0.2) is 36.2 Å². The molecule has 1 aliphatic carbocycles. The molecule has 2 N–H and O–H groups in total. The summed E-state index contributed by atoms with van der Waals surface area (Å²) in [5.41, 5.74) is 3.25. The summed E-state index contributed by atoms with van der Waals surface area (Å²) in [5.74, 6) is 1.76. The van der Waals surface area contributed by atoms with Gasteiger partial charge in [0, 0.05) is 54.0 Å². The number of benzene rings is 1. The summed E-state index contributed by atoms with van der Waals surface area (Å²) in [4.78, 5) is 21.3. The summed E-state index contributed by atoms with van der Waals surface area (Å²) in [7, 11) is 1.65. The molecule has 2 aliphatic rings. The third kappa shape index (κ3) is 1.95. The van der Waals surface area contributed by atoms with Crippen molar-refractivity contribution in [2.75, 3.05) is 25.1 Å². The maximum Gasteiger partial charge on any atom is 0.321 e. The first-order valence-corrected chi connectivity index (χ1v) is 8.36. The highest BCUT2D eigenvalue weighted by molar-refractivity contribution is 5.92. The zero-order chi connectivity index (χ0) is 16.9. The Morgan fingerprint density at radius 2 is 2.38 bits per heavy atom. The second kappa shape index (κ2) is 5.26. The number of aromatic amines is 1. The number of hydrogen-bond donors (Lipinski definition) is 2. The van der Waals surface area contributed by atoms with Gasteiger partial charge in [-0.25, -0.2) is 9.78 Å². The van der Waals surface area contributed by atoms with Crippen LogP contribution in [0.15, 0.2) is 30.7 Å². The first-order chi connectivity index (χ1) is 11.6.